The molecule has 3 aliphatic rings. The fourth-order valence-electron chi connectivity index (χ4n) is 6.66. The molecule has 5 rings (SSSR count). The molecule has 0 spiro atoms. The number of rotatable bonds is 7. The zero-order valence-electron chi connectivity index (χ0n) is 22.9. The fraction of sp³-hybridized carbons (Fsp3) is 0.621. The van der Waals surface area contributed by atoms with E-state index in [1.54, 1.807) is 6.07 Å². The van der Waals surface area contributed by atoms with E-state index >= 15 is 0 Å². The molecular weight excluding hydrogens is 557 g/mol. The van der Waals surface area contributed by atoms with Crippen molar-refractivity contribution in [2.24, 2.45) is 17.3 Å². The molecule has 212 valence electrons. The van der Waals surface area contributed by atoms with Crippen molar-refractivity contribution >= 4 is 52.5 Å². The molecule has 1 aliphatic carbocycles. The number of carboxylic acids is 1. The Bertz CT molecular complexity index is 1210. The molecule has 0 radical (unpaired) electrons. The molecule has 0 bridgehead atoms. The molecule has 3 fully saturated rings. The normalized spacial score (nSPS) is 27.2. The molecule has 1 aromatic carbocycles. The van der Waals surface area contributed by atoms with Gasteiger partial charge in [0.1, 0.15) is 5.02 Å². The standard InChI is InChI=1S/C29H38Cl3N5O2/c1-17(23-7-6-21(30)13-24(23)31)33-26-25(32)18(2)34-28(35-26)36-11-8-19(9-12-36)20-5-4-10-37(16-20)22-14-29(3,15-22)27(38)39/h6-7,13,17,19-20,22H,4-5,8-12,14-16H2,1-3H3,(H,38,39)(H,33,34,35)/t17-,20?,22?,29?/m1/s1. The number of halogens is 3. The Hall–Kier alpha value is -1.80. The monoisotopic (exact) mass is 593 g/mol. The maximum absolute atomic E-state index is 11.5. The van der Waals surface area contributed by atoms with Gasteiger partial charge in [0.05, 0.1) is 17.2 Å². The van der Waals surface area contributed by atoms with Gasteiger partial charge in [0.2, 0.25) is 5.95 Å². The van der Waals surface area contributed by atoms with Gasteiger partial charge in [0.15, 0.2) is 5.82 Å². The zero-order valence-corrected chi connectivity index (χ0v) is 25.2. The Morgan fingerprint density at radius 2 is 1.82 bits per heavy atom. The number of piperidine rings is 2. The lowest BCUT2D eigenvalue weighted by Gasteiger charge is -2.51. The quantitative estimate of drug-likeness (QED) is 0.354. The molecule has 1 saturated carbocycles. The number of hydrogen-bond donors (Lipinski definition) is 2. The molecule has 2 atom stereocenters. The van der Waals surface area contributed by atoms with Gasteiger partial charge in [-0.3, -0.25) is 4.79 Å². The van der Waals surface area contributed by atoms with Gasteiger partial charge < -0.3 is 20.2 Å². The van der Waals surface area contributed by atoms with Crippen LogP contribution in [0.25, 0.3) is 0 Å². The van der Waals surface area contributed by atoms with Crippen LogP contribution in [0.2, 0.25) is 15.1 Å². The highest BCUT2D eigenvalue weighted by molar-refractivity contribution is 6.35. The summed E-state index contributed by atoms with van der Waals surface area (Å²) in [6.07, 6.45) is 6.25. The average molecular weight is 595 g/mol. The summed E-state index contributed by atoms with van der Waals surface area (Å²) < 4.78 is 0. The molecule has 39 heavy (non-hydrogen) atoms. The van der Waals surface area contributed by atoms with Gasteiger partial charge in [-0.15, -0.1) is 0 Å². The molecule has 3 heterocycles. The minimum absolute atomic E-state index is 0.113. The number of benzene rings is 1. The first-order valence-corrected chi connectivity index (χ1v) is 15.2. The molecule has 1 unspecified atom stereocenters. The van der Waals surface area contributed by atoms with E-state index in [2.05, 4.69) is 15.1 Å². The number of anilines is 2. The number of nitrogens with one attached hydrogen (secondary N) is 1. The van der Waals surface area contributed by atoms with E-state index in [-0.39, 0.29) is 6.04 Å². The second-order valence-electron chi connectivity index (χ2n) is 12.0. The van der Waals surface area contributed by atoms with Crippen molar-refractivity contribution in [3.05, 3.63) is 44.5 Å². The maximum Gasteiger partial charge on any atom is 0.309 e. The predicted octanol–water partition coefficient (Wildman–Crippen LogP) is 7.10. The maximum atomic E-state index is 11.5. The third-order valence-electron chi connectivity index (χ3n) is 9.17. The summed E-state index contributed by atoms with van der Waals surface area (Å²) in [5, 5.41) is 14.6. The first kappa shape index (κ1) is 28.7. The van der Waals surface area contributed by atoms with Crippen molar-refractivity contribution in [3.8, 4) is 0 Å². The van der Waals surface area contributed by atoms with Crippen LogP contribution in [0.1, 0.15) is 69.7 Å². The van der Waals surface area contributed by atoms with E-state index in [4.69, 9.17) is 44.8 Å². The van der Waals surface area contributed by atoms with Crippen molar-refractivity contribution in [1.29, 1.82) is 0 Å². The van der Waals surface area contributed by atoms with E-state index in [0.29, 0.717) is 44.7 Å². The lowest BCUT2D eigenvalue weighted by Crippen LogP contribution is -2.56. The number of aromatic nitrogens is 2. The van der Waals surface area contributed by atoms with Gasteiger partial charge >= 0.3 is 5.97 Å². The molecule has 2 saturated heterocycles. The molecular formula is C29H38Cl3N5O2. The van der Waals surface area contributed by atoms with Crippen LogP contribution in [0.3, 0.4) is 0 Å². The molecule has 7 nitrogen and oxygen atoms in total. The van der Waals surface area contributed by atoms with Crippen LogP contribution in [0.5, 0.6) is 0 Å². The summed E-state index contributed by atoms with van der Waals surface area (Å²) in [5.41, 5.74) is 1.14. The Labute approximate surface area is 246 Å². The van der Waals surface area contributed by atoms with Crippen molar-refractivity contribution in [3.63, 3.8) is 0 Å². The Morgan fingerprint density at radius 3 is 2.49 bits per heavy atom. The van der Waals surface area contributed by atoms with Gasteiger partial charge in [-0.25, -0.2) is 4.98 Å². The molecule has 1 aromatic heterocycles. The number of nitrogens with zero attached hydrogens (tertiary/aromatic N) is 4. The molecule has 0 amide bonds. The van der Waals surface area contributed by atoms with Gasteiger partial charge in [-0.2, -0.15) is 4.98 Å². The second-order valence-corrected chi connectivity index (χ2v) is 13.2. The van der Waals surface area contributed by atoms with E-state index in [1.165, 1.54) is 12.8 Å². The Morgan fingerprint density at radius 1 is 1.10 bits per heavy atom. The summed E-state index contributed by atoms with van der Waals surface area (Å²) >= 11 is 19.1. The number of carboxylic acid groups (broad SMARTS) is 1. The van der Waals surface area contributed by atoms with Crippen LogP contribution in [0, 0.1) is 24.2 Å². The third-order valence-corrected chi connectivity index (χ3v) is 10.2. The zero-order chi connectivity index (χ0) is 27.9. The first-order chi connectivity index (χ1) is 18.5. The van der Waals surface area contributed by atoms with E-state index in [9.17, 15) is 9.90 Å². The Balaban J connectivity index is 1.20. The smallest absolute Gasteiger partial charge is 0.309 e. The second kappa shape index (κ2) is 11.6. The molecule has 10 heteroatoms. The van der Waals surface area contributed by atoms with Gasteiger partial charge in [-0.1, -0.05) is 40.9 Å². The van der Waals surface area contributed by atoms with Crippen LogP contribution >= 0.6 is 34.8 Å². The SMILES string of the molecule is Cc1nc(N2CCC(C3CCCN(C4CC(C)(C(=O)O)C4)C3)CC2)nc(N[C@H](C)c2ccc(Cl)cc2Cl)c1Cl. The van der Waals surface area contributed by atoms with Crippen molar-refractivity contribution in [2.75, 3.05) is 36.4 Å². The van der Waals surface area contributed by atoms with Crippen LogP contribution in [0.15, 0.2) is 18.2 Å². The summed E-state index contributed by atoms with van der Waals surface area (Å²) in [4.78, 5) is 25.9. The number of aliphatic carboxylic acids is 1. The lowest BCUT2D eigenvalue weighted by atomic mass is 9.65. The largest absolute Gasteiger partial charge is 0.481 e. The van der Waals surface area contributed by atoms with Crippen LogP contribution in [0.4, 0.5) is 11.8 Å². The van der Waals surface area contributed by atoms with Crippen LogP contribution in [-0.4, -0.2) is 58.2 Å². The minimum Gasteiger partial charge on any atom is -0.481 e. The number of likely N-dealkylation sites (tertiary alicyclic amines) is 1. The van der Waals surface area contributed by atoms with Crippen molar-refractivity contribution in [1.82, 2.24) is 14.9 Å². The van der Waals surface area contributed by atoms with E-state index in [0.717, 1.165) is 63.1 Å². The van der Waals surface area contributed by atoms with Crippen LogP contribution < -0.4 is 10.2 Å². The molecule has 2 aromatic rings. The first-order valence-electron chi connectivity index (χ1n) is 14.0. The third kappa shape index (κ3) is 6.12. The predicted molar refractivity (Wildman–Crippen MR) is 158 cm³/mol. The van der Waals surface area contributed by atoms with Crippen LogP contribution in [-0.2, 0) is 4.79 Å². The highest BCUT2D eigenvalue weighted by atomic mass is 35.5. The lowest BCUT2D eigenvalue weighted by molar-refractivity contribution is -0.158. The van der Waals surface area contributed by atoms with Crippen molar-refractivity contribution in [2.45, 2.75) is 71.4 Å². The van der Waals surface area contributed by atoms with Gasteiger partial charge in [0, 0.05) is 35.7 Å². The Kier molecular flexibility index (Phi) is 8.54. The van der Waals surface area contributed by atoms with E-state index < -0.39 is 11.4 Å². The summed E-state index contributed by atoms with van der Waals surface area (Å²) in [6, 6.07) is 5.80. The highest BCUT2D eigenvalue weighted by Crippen LogP contribution is 2.45. The summed E-state index contributed by atoms with van der Waals surface area (Å²) in [7, 11) is 0. The fourth-order valence-corrected chi connectivity index (χ4v) is 7.37. The van der Waals surface area contributed by atoms with Crippen molar-refractivity contribution < 1.29 is 9.90 Å². The number of hydrogen-bond acceptors (Lipinski definition) is 6. The average Bonchev–Trinajstić information content (AvgIpc) is 2.89. The number of carbonyl (C=O) groups is 1. The summed E-state index contributed by atoms with van der Waals surface area (Å²) in [5.74, 6) is 2.01. The summed E-state index contributed by atoms with van der Waals surface area (Å²) in [6.45, 7) is 9.86. The van der Waals surface area contributed by atoms with Gasteiger partial charge in [-0.05, 0) is 95.4 Å². The highest BCUT2D eigenvalue weighted by Gasteiger charge is 2.49. The molecule has 2 aliphatic heterocycles. The number of aryl methyl sites for hydroxylation is 1. The minimum atomic E-state index is -0.652. The van der Waals surface area contributed by atoms with E-state index in [1.807, 2.05) is 32.9 Å². The topological polar surface area (TPSA) is 81.6 Å². The van der Waals surface area contributed by atoms with Gasteiger partial charge in [0.25, 0.3) is 0 Å². The molecule has 2 N–H and O–H groups in total.